The molecule has 0 spiro atoms. The van der Waals surface area contributed by atoms with Gasteiger partial charge in [0.1, 0.15) is 53.6 Å². The molecule has 0 radical (unpaired) electrons. The Morgan fingerprint density at radius 3 is 1.17 bits per heavy atom. The molecule has 47 heteroatoms. The van der Waals surface area contributed by atoms with E-state index in [2.05, 4.69) is 103 Å². The lowest BCUT2D eigenvalue weighted by Crippen LogP contribution is -2.50. The van der Waals surface area contributed by atoms with Crippen molar-refractivity contribution in [2.75, 3.05) is 110 Å². The summed E-state index contributed by atoms with van der Waals surface area (Å²) in [6.45, 7) is 25.4. The minimum absolute atomic E-state index is 0.00800. The summed E-state index contributed by atoms with van der Waals surface area (Å²) in [5.74, 6) is 2.35. The van der Waals surface area contributed by atoms with E-state index in [1.165, 1.54) is 149 Å². The molecular weight excluding hydrogens is 1960 g/mol. The average molecular weight is 2100 g/mol. The van der Waals surface area contributed by atoms with E-state index in [-0.39, 0.29) is 138 Å². The van der Waals surface area contributed by atoms with E-state index < -0.39 is 107 Å². The van der Waals surface area contributed by atoms with Gasteiger partial charge in [0, 0.05) is 128 Å². The lowest BCUT2D eigenvalue weighted by Gasteiger charge is -2.34. The van der Waals surface area contributed by atoms with E-state index in [0.717, 1.165) is 69.9 Å². The molecular formula is C97H138ClF6N15O23S2. The molecule has 1 amide bonds. The van der Waals surface area contributed by atoms with Gasteiger partial charge in [-0.2, -0.15) is 0 Å². The molecule has 2 aliphatic heterocycles. The van der Waals surface area contributed by atoms with E-state index in [9.17, 15) is 92.7 Å². The van der Waals surface area contributed by atoms with E-state index in [4.69, 9.17) is 49.9 Å². The number of nitrogens with one attached hydrogen (secondary N) is 3. The van der Waals surface area contributed by atoms with E-state index >= 15 is 0 Å². The number of hydrogen-bond donors (Lipinski definition) is 4. The molecule has 12 atom stereocenters. The lowest BCUT2D eigenvalue weighted by molar-refractivity contribution is -0.385. The fourth-order valence-corrected chi connectivity index (χ4v) is 19.9. The number of nitro groups is 3. The van der Waals surface area contributed by atoms with Gasteiger partial charge in [-0.05, 0) is 253 Å². The normalized spacial score (nSPS) is 26.7. The third kappa shape index (κ3) is 39.5. The van der Waals surface area contributed by atoms with Gasteiger partial charge >= 0.3 is 23.8 Å². The maximum absolute atomic E-state index is 13.2. The van der Waals surface area contributed by atoms with Crippen molar-refractivity contribution in [3.8, 4) is 17.2 Å². The van der Waals surface area contributed by atoms with Crippen LogP contribution >= 0.6 is 11.6 Å². The van der Waals surface area contributed by atoms with Crippen LogP contribution in [0.2, 0.25) is 0 Å². The first-order valence-electron chi connectivity index (χ1n) is 48.6. The number of likely N-dealkylation sites (tertiary alicyclic amines) is 1. The molecule has 144 heavy (non-hydrogen) atoms. The number of carbonyl (C=O) groups is 4. The fourth-order valence-electron chi connectivity index (χ4n) is 18.2. The number of aliphatic hydroxyl groups is 1. The SMILES string of the molecule is CCN(CC)CC.CCN(CC)CC.CN(C)c1ccncc1.C[C@@H]1C[C@H](NS(C)(=O)=O)[C@H](CO[C@H]2CC[C@@]3(c4ncc(F)cn4)C[C@H]3C2)N1.C[C@@H]1C[C@H](NS(C)(=O)=O)[C@H](CO[C@H]2CC[C@@]3(c4ncc(F)cn4)C[C@H]3C2)N1C(=O)OCC1CC(F)C1.O=C(Cl)Oc1ccc([N+](=O)[O-])cc1.O=C(OCC1CC(F)C1)Oc1ccc([N+](=O)[O-])cc1.O=C(OCC1CC(F)C1)Oc1ccc([N+](=O)[O-])cc1.OCC1CC(F)C1. The molecule has 8 aliphatic carbocycles. The molecule has 3 aromatic carbocycles. The van der Waals surface area contributed by atoms with Gasteiger partial charge in [0.25, 0.3) is 17.1 Å². The van der Waals surface area contributed by atoms with Crippen molar-refractivity contribution in [3.05, 3.63) is 176 Å². The van der Waals surface area contributed by atoms with E-state index in [1.807, 2.05) is 38.1 Å². The lowest BCUT2D eigenvalue weighted by atomic mass is 9.84. The molecule has 4 N–H and O–H groups in total. The summed E-state index contributed by atoms with van der Waals surface area (Å²) in [6, 6.07) is 18.0. The Morgan fingerprint density at radius 2 is 0.861 bits per heavy atom. The van der Waals surface area contributed by atoms with E-state index in [0.29, 0.717) is 82.1 Å². The zero-order chi connectivity index (χ0) is 106. The molecule has 10 fully saturated rings. The predicted octanol–water partition coefficient (Wildman–Crippen LogP) is 16.4. The minimum atomic E-state index is -3.49. The Balaban J connectivity index is 0.000000210. The van der Waals surface area contributed by atoms with Crippen molar-refractivity contribution in [2.45, 2.75) is 255 Å². The van der Waals surface area contributed by atoms with Crippen LogP contribution in [0.5, 0.6) is 17.2 Å². The monoisotopic (exact) mass is 2090 g/mol. The molecule has 800 valence electrons. The van der Waals surface area contributed by atoms with Crippen LogP contribution in [0.3, 0.4) is 0 Å². The van der Waals surface area contributed by atoms with Crippen LogP contribution in [0, 0.1) is 77.5 Å². The number of nitro benzene ring substituents is 3. The standard InChI is InChI=1S/C24H34F2N4O5S.C18H27FN4O3S.2C12H12FNO5.C7H4ClNO4.C7H10N2.2C6H15N.C5H9FO/c1-14-5-20(29-36(2,32)33)21(30(14)23(31)35-12-15-6-17(25)7-15)13-34-19-3-4-24(9-16(24)8-19)22-27-10-18(26)11-28-22;1-11-5-15(23-27(2,24)25)16(22-11)10-26-14-3-4-18(7-12(18)6-14)17-20-8-13(19)9-21-17;2*13-9-5-8(6-9)7-18-12(15)19-11-3-1-10(2-4-11)14(16)17;8-7(10)13-6-3-1-5(2-4-6)9(11)12;1-9(2)7-3-5-8-6-4-7;2*1-4-7(5-2)6-3;6-5-1-4(2-5)3-7/h10-11,14-17,19-21,29H,3-9,12-13H2,1-2H3;8-9,11-12,14-16,22-23H,3-7,10H2,1-2H3;2*1-4,8-9H,5-7H2;1-4H;3-6H,1-2H3;2*4-6H2,1-3H3;4-5,7H,1-3H2/t14-,15?,16-,17?,19+,20+,21+,24-;11-,12-,14+,15+,16+,18-;;;;;;;/m11......./s1. The number of nitrogens with zero attached hydrogens (tertiary/aromatic N) is 12. The summed E-state index contributed by atoms with van der Waals surface area (Å²) in [4.78, 5) is 104. The molecule has 16 rings (SSSR count). The Labute approximate surface area is 842 Å². The number of amides is 1. The highest BCUT2D eigenvalue weighted by atomic mass is 35.5. The molecule has 2 saturated heterocycles. The van der Waals surface area contributed by atoms with Crippen LogP contribution in [0.25, 0.3) is 0 Å². The van der Waals surface area contributed by atoms with Gasteiger partial charge in [-0.15, -0.1) is 0 Å². The van der Waals surface area contributed by atoms with Crippen molar-refractivity contribution in [2.24, 2.45) is 35.5 Å². The molecule has 10 aliphatic rings. The van der Waals surface area contributed by atoms with Gasteiger partial charge in [-0.25, -0.2) is 91.7 Å². The summed E-state index contributed by atoms with van der Waals surface area (Å²) < 4.78 is 170. The van der Waals surface area contributed by atoms with Gasteiger partial charge < -0.3 is 63.0 Å². The summed E-state index contributed by atoms with van der Waals surface area (Å²) in [6.07, 6.45) is 17.6. The quantitative estimate of drug-likeness (QED) is 0.00579. The topological polar surface area (TPSA) is 474 Å². The number of halogens is 7. The third-order valence-corrected chi connectivity index (χ3v) is 28.4. The van der Waals surface area contributed by atoms with E-state index in [1.54, 1.807) is 17.3 Å². The second-order valence-electron chi connectivity index (χ2n) is 37.7. The predicted molar refractivity (Wildman–Crippen MR) is 524 cm³/mol. The Morgan fingerprint density at radius 1 is 0.507 bits per heavy atom. The molecule has 5 heterocycles. The number of carbonyl (C=O) groups excluding carboxylic acids is 4. The summed E-state index contributed by atoms with van der Waals surface area (Å²) >= 11 is 4.92. The first-order valence-corrected chi connectivity index (χ1v) is 52.8. The fraction of sp³-hybridized carbons (Fsp3) is 0.639. The number of benzene rings is 3. The van der Waals surface area contributed by atoms with Crippen molar-refractivity contribution in [3.63, 3.8) is 0 Å². The van der Waals surface area contributed by atoms with Gasteiger partial charge in [-0.1, -0.05) is 41.5 Å². The molecule has 0 bridgehead atoms. The van der Waals surface area contributed by atoms with Crippen molar-refractivity contribution in [1.82, 2.24) is 54.4 Å². The first kappa shape index (κ1) is 119. The zero-order valence-corrected chi connectivity index (χ0v) is 85.8. The summed E-state index contributed by atoms with van der Waals surface area (Å²) in [5, 5.41) is 42.8. The van der Waals surface area contributed by atoms with Crippen LogP contribution in [-0.4, -0.2) is 279 Å². The average Bonchev–Trinajstić information content (AvgIpc) is 1.56. The molecule has 8 saturated carbocycles. The number of alkyl halides is 4. The van der Waals surface area contributed by atoms with Crippen molar-refractivity contribution < 1.29 is 120 Å². The van der Waals surface area contributed by atoms with Gasteiger partial charge in [0.15, 0.2) is 11.6 Å². The largest absolute Gasteiger partial charge is 0.513 e. The molecule has 38 nitrogen and oxygen atoms in total. The van der Waals surface area contributed by atoms with Gasteiger partial charge in [0.05, 0.1) is 103 Å². The number of hydrogen-bond acceptors (Lipinski definition) is 32. The van der Waals surface area contributed by atoms with Crippen LogP contribution in [0.15, 0.2) is 122 Å². The third-order valence-electron chi connectivity index (χ3n) is 26.8. The van der Waals surface area contributed by atoms with Gasteiger partial charge in [-0.3, -0.25) is 40.2 Å². The Kier molecular flexibility index (Phi) is 47.7. The van der Waals surface area contributed by atoms with Crippen LogP contribution in [0.4, 0.5) is 68.3 Å². The maximum atomic E-state index is 13.2. The van der Waals surface area contributed by atoms with Crippen LogP contribution in [0.1, 0.15) is 183 Å². The molecule has 3 aromatic heterocycles. The zero-order valence-electron chi connectivity index (χ0n) is 83.4. The maximum Gasteiger partial charge on any atom is 0.513 e. The number of aromatic nitrogens is 5. The number of rotatable bonds is 32. The summed E-state index contributed by atoms with van der Waals surface area (Å²) in [5.41, 5.74) is -0.151. The number of fused-ring (bicyclic) bond motifs is 2. The molecule has 0 unspecified atom stereocenters. The number of aliphatic hydroxyl groups excluding tert-OH is 1. The number of anilines is 1. The second kappa shape index (κ2) is 57.7. The highest BCUT2D eigenvalue weighted by Crippen LogP contribution is 2.63. The first-order chi connectivity index (χ1) is 68.3. The highest BCUT2D eigenvalue weighted by Gasteiger charge is 2.61. The minimum Gasteiger partial charge on any atom is -0.449 e. The highest BCUT2D eigenvalue weighted by molar-refractivity contribution is 7.89. The Bertz CT molecular complexity index is 5090. The second-order valence-corrected chi connectivity index (χ2v) is 41.6. The number of pyridine rings is 1. The summed E-state index contributed by atoms with van der Waals surface area (Å²) in [7, 11) is -2.71. The van der Waals surface area contributed by atoms with Crippen LogP contribution in [-0.2, 0) is 54.6 Å². The smallest absolute Gasteiger partial charge is 0.449 e. The van der Waals surface area contributed by atoms with Crippen molar-refractivity contribution >= 4 is 78.2 Å². The molecule has 6 aromatic rings. The number of non-ortho nitro benzene ring substituents is 3. The Hall–Kier alpha value is -10.3. The van der Waals surface area contributed by atoms with Gasteiger partial charge in [0.2, 0.25) is 20.0 Å². The number of sulfonamides is 2. The number of ether oxygens (including phenoxy) is 8. The van der Waals surface area contributed by atoms with Crippen molar-refractivity contribution in [1.29, 1.82) is 0 Å². The van der Waals surface area contributed by atoms with Crippen LogP contribution < -0.4 is 33.9 Å².